The molecule has 11 nitrogen and oxygen atoms in total. The van der Waals surface area contributed by atoms with Crippen molar-refractivity contribution < 1.29 is 28.2 Å². The van der Waals surface area contributed by atoms with E-state index in [1.165, 1.54) is 7.11 Å². The molecule has 0 unspecified atom stereocenters. The van der Waals surface area contributed by atoms with Crippen molar-refractivity contribution in [2.75, 3.05) is 26.1 Å². The maximum Gasteiger partial charge on any atom is 0.376 e. The van der Waals surface area contributed by atoms with Gasteiger partial charge in [0.2, 0.25) is 17.3 Å². The van der Waals surface area contributed by atoms with Crippen LogP contribution in [0.4, 0.5) is 11.5 Å². The molecule has 0 radical (unpaired) electrons. The van der Waals surface area contributed by atoms with Gasteiger partial charge >= 0.3 is 5.97 Å². The van der Waals surface area contributed by atoms with Crippen molar-refractivity contribution in [1.82, 2.24) is 9.97 Å². The molecule has 1 saturated heterocycles. The third kappa shape index (κ3) is 6.47. The number of nitrogen functional groups attached to an aromatic ring is 1. The lowest BCUT2D eigenvalue weighted by molar-refractivity contribution is -0.141. The molecule has 2 aromatic heterocycles. The molecule has 1 atom stereocenters. The predicted octanol–water partition coefficient (Wildman–Crippen LogP) is 6.02. The van der Waals surface area contributed by atoms with Gasteiger partial charge in [0.1, 0.15) is 41.1 Å². The zero-order chi connectivity index (χ0) is 30.6. The Balaban J connectivity index is 1.42. The monoisotopic (exact) mass is 597 g/mol. The topological polar surface area (TPSA) is 147 Å². The number of carbonyl (C=O) groups is 1. The highest BCUT2D eigenvalue weighted by Gasteiger charge is 2.33. The molecule has 2 N–H and O–H groups in total. The second-order valence-electron chi connectivity index (χ2n) is 9.85. The van der Waals surface area contributed by atoms with Crippen LogP contribution in [0.25, 0.3) is 27.4 Å². The van der Waals surface area contributed by atoms with Gasteiger partial charge in [0, 0.05) is 16.9 Å². The number of anilines is 1. The van der Waals surface area contributed by atoms with Gasteiger partial charge in [-0.05, 0) is 43.7 Å². The first-order valence-electron chi connectivity index (χ1n) is 13.1. The minimum absolute atomic E-state index is 0.0221. The van der Waals surface area contributed by atoms with Gasteiger partial charge in [-0.1, -0.05) is 42.1 Å². The van der Waals surface area contributed by atoms with E-state index in [4.69, 9.17) is 35.7 Å². The molecular weight excluding hydrogens is 570 g/mol. The summed E-state index contributed by atoms with van der Waals surface area (Å²) < 4.78 is 27.9. The maximum absolute atomic E-state index is 12.5. The number of pyridine rings is 1. The van der Waals surface area contributed by atoms with Gasteiger partial charge in [-0.2, -0.15) is 5.26 Å². The largest absolute Gasteiger partial charge is 0.491 e. The zero-order valence-corrected chi connectivity index (χ0v) is 24.4. The van der Waals surface area contributed by atoms with Crippen molar-refractivity contribution in [1.29, 1.82) is 5.26 Å². The first kappa shape index (κ1) is 29.6. The lowest BCUT2D eigenvalue weighted by atomic mass is 10.00. The highest BCUT2D eigenvalue weighted by atomic mass is 32.2. The van der Waals surface area contributed by atoms with Crippen molar-refractivity contribution in [3.8, 4) is 34.4 Å². The molecule has 43 heavy (non-hydrogen) atoms. The Bertz CT molecular complexity index is 1720. The number of hydrogen-bond donors (Lipinski definition) is 1. The molecule has 0 amide bonds. The van der Waals surface area contributed by atoms with Crippen LogP contribution in [0, 0.1) is 17.9 Å². The number of methoxy groups -OCH3 is 1. The summed E-state index contributed by atoms with van der Waals surface area (Å²) in [5, 5.41) is 10.5. The standard InChI is InChI=1S/C31H27N5O6S/c1-31(2)40-16-21(42-31)15-39-20-12-10-18(11-13-20)24-22(14-32)29(36-27(33)25(24)34-3)43-17-23-26(30(37)38-4)41-28(35-23)19-8-6-5-7-9-19/h5-13,21H,15-17H2,1-2,4H3,(H2,33,36)/t21-/m0/s1. The van der Waals surface area contributed by atoms with E-state index in [0.717, 1.165) is 11.8 Å². The van der Waals surface area contributed by atoms with Gasteiger partial charge in [-0.15, -0.1) is 0 Å². The number of esters is 1. The van der Waals surface area contributed by atoms with Gasteiger partial charge in [0.15, 0.2) is 5.79 Å². The summed E-state index contributed by atoms with van der Waals surface area (Å²) in [6.07, 6.45) is -0.193. The van der Waals surface area contributed by atoms with E-state index < -0.39 is 11.8 Å². The number of nitriles is 1. The average Bonchev–Trinajstić information content (AvgIpc) is 3.61. The van der Waals surface area contributed by atoms with Crippen LogP contribution < -0.4 is 10.5 Å². The third-order valence-corrected chi connectivity index (χ3v) is 7.46. The highest BCUT2D eigenvalue weighted by molar-refractivity contribution is 7.98. The molecule has 2 aromatic carbocycles. The summed E-state index contributed by atoms with van der Waals surface area (Å²) in [4.78, 5) is 24.9. The van der Waals surface area contributed by atoms with Crippen molar-refractivity contribution in [2.45, 2.75) is 36.5 Å². The molecule has 0 bridgehead atoms. The van der Waals surface area contributed by atoms with E-state index in [1.54, 1.807) is 24.3 Å². The molecule has 1 aliphatic heterocycles. The number of nitrogens with zero attached hydrogens (tertiary/aromatic N) is 4. The Kier molecular flexibility index (Phi) is 8.64. The van der Waals surface area contributed by atoms with Gasteiger partial charge in [0.05, 0.1) is 25.9 Å². The zero-order valence-electron chi connectivity index (χ0n) is 23.6. The summed E-state index contributed by atoms with van der Waals surface area (Å²) >= 11 is 1.15. The van der Waals surface area contributed by atoms with E-state index in [2.05, 4.69) is 20.9 Å². The Hall–Kier alpha value is -4.88. The van der Waals surface area contributed by atoms with Crippen LogP contribution in [0.15, 0.2) is 64.0 Å². The Morgan fingerprint density at radius 3 is 2.56 bits per heavy atom. The SMILES string of the molecule is [C-]#[N+]c1c(N)nc(SCc2nc(-c3ccccc3)oc2C(=O)OC)c(C#N)c1-c1ccc(OC[C@H]2COC(C)(C)O2)cc1. The number of aromatic nitrogens is 2. The van der Waals surface area contributed by atoms with Crippen molar-refractivity contribution in [3.63, 3.8) is 0 Å². The van der Waals surface area contributed by atoms with Gasteiger partial charge < -0.3 is 29.1 Å². The smallest absolute Gasteiger partial charge is 0.376 e. The second-order valence-corrected chi connectivity index (χ2v) is 10.8. The number of thioether (sulfide) groups is 1. The molecule has 0 aliphatic carbocycles. The van der Waals surface area contributed by atoms with E-state index in [0.29, 0.717) is 41.3 Å². The molecule has 0 spiro atoms. The predicted molar refractivity (Wildman–Crippen MR) is 158 cm³/mol. The molecule has 4 aromatic rings. The fourth-order valence-corrected chi connectivity index (χ4v) is 5.39. The first-order valence-corrected chi connectivity index (χ1v) is 14.1. The number of nitrogens with two attached hydrogens (primary N) is 1. The van der Waals surface area contributed by atoms with Gasteiger partial charge in [0.25, 0.3) is 0 Å². The summed E-state index contributed by atoms with van der Waals surface area (Å²) in [5.74, 6) is -0.426. The van der Waals surface area contributed by atoms with Crippen LogP contribution in [0.3, 0.4) is 0 Å². The Labute approximate surface area is 252 Å². The van der Waals surface area contributed by atoms with Crippen molar-refractivity contribution >= 4 is 29.2 Å². The van der Waals surface area contributed by atoms with E-state index >= 15 is 0 Å². The molecule has 218 valence electrons. The summed E-state index contributed by atoms with van der Waals surface area (Å²) in [7, 11) is 1.25. The second kappa shape index (κ2) is 12.5. The summed E-state index contributed by atoms with van der Waals surface area (Å²) in [5.41, 5.74) is 8.39. The van der Waals surface area contributed by atoms with Crippen LogP contribution in [-0.4, -0.2) is 48.2 Å². The number of benzene rings is 2. The molecule has 1 aliphatic rings. The number of carbonyl (C=O) groups excluding carboxylic acids is 1. The third-order valence-electron chi connectivity index (χ3n) is 6.47. The summed E-state index contributed by atoms with van der Waals surface area (Å²) in [6, 6.07) is 18.3. The Morgan fingerprint density at radius 2 is 1.93 bits per heavy atom. The van der Waals surface area contributed by atoms with E-state index in [9.17, 15) is 10.1 Å². The van der Waals surface area contributed by atoms with E-state index in [-0.39, 0.29) is 45.6 Å². The van der Waals surface area contributed by atoms with Crippen LogP contribution in [0.5, 0.6) is 5.75 Å². The van der Waals surface area contributed by atoms with Crippen LogP contribution in [-0.2, 0) is 20.0 Å². The molecule has 5 rings (SSSR count). The minimum atomic E-state index is -0.680. The molecule has 3 heterocycles. The number of hydrogen-bond acceptors (Lipinski definition) is 11. The first-order chi connectivity index (χ1) is 20.7. The molecule has 0 saturated carbocycles. The number of ether oxygens (including phenoxy) is 4. The van der Waals surface area contributed by atoms with Crippen LogP contribution >= 0.6 is 11.8 Å². The quantitative estimate of drug-likeness (QED) is 0.137. The van der Waals surface area contributed by atoms with Crippen LogP contribution in [0.1, 0.15) is 35.7 Å². The fraction of sp³-hybridized carbons (Fsp3) is 0.258. The van der Waals surface area contributed by atoms with Crippen molar-refractivity contribution in [3.05, 3.63) is 83.0 Å². The van der Waals surface area contributed by atoms with Gasteiger partial charge in [-0.3, -0.25) is 0 Å². The van der Waals surface area contributed by atoms with Gasteiger partial charge in [-0.25, -0.2) is 19.6 Å². The molecule has 1 fully saturated rings. The Morgan fingerprint density at radius 1 is 1.19 bits per heavy atom. The van der Waals surface area contributed by atoms with E-state index in [1.807, 2.05) is 44.2 Å². The number of rotatable bonds is 9. The average molecular weight is 598 g/mol. The maximum atomic E-state index is 12.5. The highest BCUT2D eigenvalue weighted by Crippen LogP contribution is 2.42. The fourth-order valence-electron chi connectivity index (χ4n) is 4.47. The lowest BCUT2D eigenvalue weighted by Crippen LogP contribution is -2.25. The summed E-state index contributed by atoms with van der Waals surface area (Å²) in [6.45, 7) is 12.2. The lowest BCUT2D eigenvalue weighted by Gasteiger charge is -2.17. The molecule has 12 heteroatoms. The number of oxazole rings is 1. The van der Waals surface area contributed by atoms with Crippen molar-refractivity contribution in [2.24, 2.45) is 0 Å². The van der Waals surface area contributed by atoms with Crippen LogP contribution in [0.2, 0.25) is 0 Å². The normalized spacial score (nSPS) is 15.4. The molecular formula is C31H27N5O6S. The minimum Gasteiger partial charge on any atom is -0.491 e.